The molecule has 2 spiro atoms. The third-order valence-corrected chi connectivity index (χ3v) is 8.91. The number of hydrogen-bond donors (Lipinski definition) is 2. The standard InChI is InChI=1S/C30H31N5O2/c1-3-19-12-20(5-7-24(19)28(36)34-27-15-30(27)18-31-17-29(30)9-10-29)25-13-23(8-11-32-25)37-22-6-4-21-16-33-35(2)26(21)14-22/h4-8,11-14,16,27,31H,3,9-10,15,17-18H2,1-2H3,(H,34,36)/t27?,30-/m1/s1. The number of hydrogen-bond acceptors (Lipinski definition) is 5. The molecule has 2 aromatic carbocycles. The quantitative estimate of drug-likeness (QED) is 0.401. The number of pyridine rings is 1. The Morgan fingerprint density at radius 1 is 1.14 bits per heavy atom. The highest BCUT2D eigenvalue weighted by molar-refractivity contribution is 5.96. The van der Waals surface area contributed by atoms with E-state index in [1.165, 1.54) is 12.8 Å². The van der Waals surface area contributed by atoms with Crippen molar-refractivity contribution in [2.75, 3.05) is 13.1 Å². The fraction of sp³-hybridized carbons (Fsp3) is 0.367. The fourth-order valence-electron chi connectivity index (χ4n) is 6.45. The lowest BCUT2D eigenvalue weighted by Gasteiger charge is -2.18. The van der Waals surface area contributed by atoms with Crippen molar-refractivity contribution in [3.05, 3.63) is 72.1 Å². The topological polar surface area (TPSA) is 81.1 Å². The second-order valence-electron chi connectivity index (χ2n) is 11.0. The van der Waals surface area contributed by atoms with E-state index in [4.69, 9.17) is 4.74 Å². The highest BCUT2D eigenvalue weighted by atomic mass is 16.5. The Bertz CT molecular complexity index is 1540. The number of rotatable bonds is 6. The lowest BCUT2D eigenvalue weighted by molar-refractivity contribution is 0.0941. The molecule has 1 unspecified atom stereocenters. The number of fused-ring (bicyclic) bond motifs is 2. The third kappa shape index (κ3) is 3.63. The van der Waals surface area contributed by atoms with Gasteiger partial charge >= 0.3 is 0 Å². The molecule has 1 saturated heterocycles. The molecule has 1 aliphatic heterocycles. The average Bonchev–Trinajstić information content (AvgIpc) is 3.77. The van der Waals surface area contributed by atoms with Crippen molar-refractivity contribution in [3.63, 3.8) is 0 Å². The van der Waals surface area contributed by atoms with Gasteiger partial charge in [-0.15, -0.1) is 0 Å². The van der Waals surface area contributed by atoms with Gasteiger partial charge in [0.1, 0.15) is 11.5 Å². The summed E-state index contributed by atoms with van der Waals surface area (Å²) < 4.78 is 7.99. The third-order valence-electron chi connectivity index (χ3n) is 8.91. The molecular formula is C30H31N5O2. The first-order valence-corrected chi connectivity index (χ1v) is 13.2. The van der Waals surface area contributed by atoms with E-state index in [1.54, 1.807) is 6.20 Å². The monoisotopic (exact) mass is 493 g/mol. The Morgan fingerprint density at radius 3 is 2.84 bits per heavy atom. The van der Waals surface area contributed by atoms with Crippen LogP contribution in [0.5, 0.6) is 11.5 Å². The van der Waals surface area contributed by atoms with Gasteiger partial charge in [-0.1, -0.05) is 13.0 Å². The molecule has 1 amide bonds. The molecule has 2 atom stereocenters. The number of nitrogens with one attached hydrogen (secondary N) is 2. The van der Waals surface area contributed by atoms with Gasteiger partial charge in [-0.25, -0.2) is 0 Å². The van der Waals surface area contributed by atoms with Gasteiger partial charge in [-0.3, -0.25) is 14.5 Å². The van der Waals surface area contributed by atoms with Crippen LogP contribution in [0.3, 0.4) is 0 Å². The summed E-state index contributed by atoms with van der Waals surface area (Å²) in [6, 6.07) is 16.1. The zero-order valence-electron chi connectivity index (χ0n) is 21.3. The lowest BCUT2D eigenvalue weighted by atomic mass is 9.88. The minimum atomic E-state index is 0.0450. The SMILES string of the molecule is CCc1cc(-c2cc(Oc3ccc4cnn(C)c4c3)ccn2)ccc1C(=O)NC1C[C@@]12CNCC21CC1. The first-order valence-electron chi connectivity index (χ1n) is 13.2. The van der Waals surface area contributed by atoms with E-state index in [0.717, 1.165) is 65.0 Å². The molecular weight excluding hydrogens is 462 g/mol. The van der Waals surface area contributed by atoms with Crippen molar-refractivity contribution in [2.45, 2.75) is 38.6 Å². The summed E-state index contributed by atoms with van der Waals surface area (Å²) in [5.74, 6) is 1.51. The molecule has 0 bridgehead atoms. The minimum Gasteiger partial charge on any atom is -0.457 e. The zero-order chi connectivity index (χ0) is 25.2. The first kappa shape index (κ1) is 22.5. The van der Waals surface area contributed by atoms with E-state index in [0.29, 0.717) is 22.6 Å². The van der Waals surface area contributed by atoms with Crippen LogP contribution in [0.1, 0.15) is 42.1 Å². The number of benzene rings is 2. The van der Waals surface area contributed by atoms with E-state index in [2.05, 4.69) is 33.7 Å². The number of amides is 1. The van der Waals surface area contributed by atoms with Crippen LogP contribution in [0, 0.1) is 10.8 Å². The normalized spacial score (nSPS) is 23.0. The van der Waals surface area contributed by atoms with E-state index >= 15 is 0 Å². The van der Waals surface area contributed by atoms with Crippen molar-refractivity contribution in [1.29, 1.82) is 0 Å². The van der Waals surface area contributed by atoms with E-state index in [9.17, 15) is 4.79 Å². The van der Waals surface area contributed by atoms with Crippen LogP contribution < -0.4 is 15.4 Å². The van der Waals surface area contributed by atoms with Crippen LogP contribution in [0.25, 0.3) is 22.2 Å². The molecule has 3 fully saturated rings. The van der Waals surface area contributed by atoms with Gasteiger partial charge in [0.05, 0.1) is 17.4 Å². The maximum absolute atomic E-state index is 13.3. The molecule has 7 heteroatoms. The molecule has 7 nitrogen and oxygen atoms in total. The Hall–Kier alpha value is -3.71. The van der Waals surface area contributed by atoms with Gasteiger partial charge in [0.15, 0.2) is 0 Å². The minimum absolute atomic E-state index is 0.0450. The van der Waals surface area contributed by atoms with Gasteiger partial charge < -0.3 is 15.4 Å². The number of aryl methyl sites for hydroxylation is 2. The van der Waals surface area contributed by atoms with Crippen molar-refractivity contribution in [1.82, 2.24) is 25.4 Å². The fourth-order valence-corrected chi connectivity index (χ4v) is 6.45. The summed E-state index contributed by atoms with van der Waals surface area (Å²) >= 11 is 0. The van der Waals surface area contributed by atoms with Crippen LogP contribution in [-0.2, 0) is 13.5 Å². The molecule has 7 rings (SSSR count). The summed E-state index contributed by atoms with van der Waals surface area (Å²) in [6.45, 7) is 4.25. The molecule has 0 radical (unpaired) electrons. The van der Waals surface area contributed by atoms with E-state index < -0.39 is 0 Å². The second kappa shape index (κ2) is 8.15. The first-order chi connectivity index (χ1) is 18.0. The highest BCUT2D eigenvalue weighted by Gasteiger charge is 2.73. The van der Waals surface area contributed by atoms with Crippen LogP contribution >= 0.6 is 0 Å². The van der Waals surface area contributed by atoms with E-state index in [1.807, 2.05) is 60.4 Å². The number of ether oxygens (including phenoxy) is 1. The average molecular weight is 494 g/mol. The Morgan fingerprint density at radius 2 is 2.00 bits per heavy atom. The molecule has 2 aromatic heterocycles. The summed E-state index contributed by atoms with van der Waals surface area (Å²) in [6.07, 6.45) is 8.09. The molecule has 3 heterocycles. The van der Waals surface area contributed by atoms with Crippen LogP contribution in [0.15, 0.2) is 60.9 Å². The highest BCUT2D eigenvalue weighted by Crippen LogP contribution is 2.71. The van der Waals surface area contributed by atoms with Gasteiger partial charge in [-0.05, 0) is 67.0 Å². The Balaban J connectivity index is 1.10. The number of carbonyl (C=O) groups is 1. The molecule has 188 valence electrons. The Kier molecular flexibility index (Phi) is 4.95. The van der Waals surface area contributed by atoms with Gasteiger partial charge in [0.25, 0.3) is 5.91 Å². The smallest absolute Gasteiger partial charge is 0.251 e. The van der Waals surface area contributed by atoms with Gasteiger partial charge in [0.2, 0.25) is 0 Å². The van der Waals surface area contributed by atoms with Crippen LogP contribution in [0.4, 0.5) is 0 Å². The summed E-state index contributed by atoms with van der Waals surface area (Å²) in [5, 5.41) is 12.3. The van der Waals surface area contributed by atoms with E-state index in [-0.39, 0.29) is 5.91 Å². The van der Waals surface area contributed by atoms with Crippen LogP contribution in [-0.4, -0.2) is 39.8 Å². The maximum atomic E-state index is 13.3. The summed E-state index contributed by atoms with van der Waals surface area (Å²) in [7, 11) is 1.92. The molecule has 2 saturated carbocycles. The maximum Gasteiger partial charge on any atom is 0.251 e. The molecule has 4 aromatic rings. The number of nitrogens with zero attached hydrogens (tertiary/aromatic N) is 3. The largest absolute Gasteiger partial charge is 0.457 e. The lowest BCUT2D eigenvalue weighted by Crippen LogP contribution is -2.33. The van der Waals surface area contributed by atoms with Crippen LogP contribution in [0.2, 0.25) is 0 Å². The van der Waals surface area contributed by atoms with Gasteiger partial charge in [-0.2, -0.15) is 5.10 Å². The molecule has 3 aliphatic rings. The van der Waals surface area contributed by atoms with Crippen molar-refractivity contribution in [3.8, 4) is 22.8 Å². The van der Waals surface area contributed by atoms with Gasteiger partial charge in [0, 0.05) is 66.4 Å². The Labute approximate surface area is 216 Å². The summed E-state index contributed by atoms with van der Waals surface area (Å²) in [4.78, 5) is 17.9. The predicted octanol–water partition coefficient (Wildman–Crippen LogP) is 4.86. The zero-order valence-corrected chi connectivity index (χ0v) is 21.3. The molecule has 2 aliphatic carbocycles. The molecule has 2 N–H and O–H groups in total. The van der Waals surface area contributed by atoms with Crippen molar-refractivity contribution >= 4 is 16.8 Å². The van der Waals surface area contributed by atoms with Crippen molar-refractivity contribution in [2.24, 2.45) is 17.9 Å². The number of aromatic nitrogens is 3. The van der Waals surface area contributed by atoms with Crippen molar-refractivity contribution < 1.29 is 9.53 Å². The summed E-state index contributed by atoms with van der Waals surface area (Å²) in [5.41, 5.74) is 5.34. The molecule has 37 heavy (non-hydrogen) atoms. The number of carbonyl (C=O) groups excluding carboxylic acids is 1. The second-order valence-corrected chi connectivity index (χ2v) is 11.0. The predicted molar refractivity (Wildman–Crippen MR) is 143 cm³/mol.